The molecule has 0 heterocycles. The molecule has 0 atom stereocenters. The molecule has 0 spiro atoms. The van der Waals surface area contributed by atoms with Gasteiger partial charge in [-0.15, -0.1) is 13.2 Å². The van der Waals surface area contributed by atoms with E-state index >= 15 is 0 Å². The first-order valence-corrected chi connectivity index (χ1v) is 10.1. The average molecular weight is 454 g/mol. The van der Waals surface area contributed by atoms with Gasteiger partial charge in [0.25, 0.3) is 0 Å². The van der Waals surface area contributed by atoms with E-state index in [9.17, 15) is 18.0 Å². The summed E-state index contributed by atoms with van der Waals surface area (Å²) in [6.45, 7) is 6.37. The molecule has 1 N–H and O–H groups in total. The van der Waals surface area contributed by atoms with Crippen molar-refractivity contribution in [2.45, 2.75) is 46.6 Å². The van der Waals surface area contributed by atoms with E-state index in [-0.39, 0.29) is 11.7 Å². The molecule has 0 aliphatic carbocycles. The average Bonchev–Trinajstić information content (AvgIpc) is 2.74. The Bertz CT molecular complexity index is 836. The van der Waals surface area contributed by atoms with E-state index in [4.69, 9.17) is 9.57 Å². The number of benzene rings is 2. The van der Waals surface area contributed by atoms with E-state index in [0.717, 1.165) is 23.1 Å². The van der Waals surface area contributed by atoms with Crippen molar-refractivity contribution in [2.75, 3.05) is 13.7 Å². The van der Waals surface area contributed by atoms with E-state index in [2.05, 4.69) is 15.2 Å². The lowest BCUT2D eigenvalue weighted by Crippen LogP contribution is -2.16. The largest absolute Gasteiger partial charge is 0.573 e. The van der Waals surface area contributed by atoms with Gasteiger partial charge in [-0.25, -0.2) is 0 Å². The van der Waals surface area contributed by atoms with Gasteiger partial charge in [0.2, 0.25) is 11.8 Å². The molecular formula is C23H29F3N2O4. The van der Waals surface area contributed by atoms with Crippen molar-refractivity contribution >= 4 is 11.8 Å². The quantitative estimate of drug-likeness (QED) is 0.317. The molecule has 176 valence electrons. The molecular weight excluding hydrogens is 425 g/mol. The van der Waals surface area contributed by atoms with Gasteiger partial charge >= 0.3 is 6.36 Å². The van der Waals surface area contributed by atoms with Crippen LogP contribution in [0.1, 0.15) is 39.2 Å². The minimum atomic E-state index is -4.69. The smallest absolute Gasteiger partial charge is 0.479 e. The summed E-state index contributed by atoms with van der Waals surface area (Å²) in [5.41, 5.74) is 2.57. The van der Waals surface area contributed by atoms with Crippen molar-refractivity contribution in [1.29, 1.82) is 0 Å². The van der Waals surface area contributed by atoms with Crippen LogP contribution in [0.15, 0.2) is 53.7 Å². The SMILES string of the molecule is CCCC(=O)NC.CCO/C(C)=N/OCc1ccc(-c2ccc(OC(F)(F)F)cc2)cc1. The third-order valence-electron chi connectivity index (χ3n) is 3.91. The van der Waals surface area contributed by atoms with Gasteiger partial charge in [-0.1, -0.05) is 48.5 Å². The van der Waals surface area contributed by atoms with Crippen molar-refractivity contribution in [3.8, 4) is 16.9 Å². The summed E-state index contributed by atoms with van der Waals surface area (Å²) in [4.78, 5) is 15.5. The monoisotopic (exact) mass is 454 g/mol. The molecule has 0 radical (unpaired) electrons. The van der Waals surface area contributed by atoms with Gasteiger partial charge in [0, 0.05) is 20.4 Å². The number of alkyl halides is 3. The maximum Gasteiger partial charge on any atom is 0.573 e. The Hall–Kier alpha value is -3.23. The highest BCUT2D eigenvalue weighted by molar-refractivity contribution is 5.75. The zero-order valence-electron chi connectivity index (χ0n) is 18.7. The second kappa shape index (κ2) is 14.0. The summed E-state index contributed by atoms with van der Waals surface area (Å²) in [5, 5.41) is 6.34. The summed E-state index contributed by atoms with van der Waals surface area (Å²) < 4.78 is 45.5. The Labute approximate surface area is 186 Å². The fraction of sp³-hybridized carbons (Fsp3) is 0.391. The van der Waals surface area contributed by atoms with Crippen LogP contribution in [0.3, 0.4) is 0 Å². The van der Waals surface area contributed by atoms with Crippen LogP contribution in [0.2, 0.25) is 0 Å². The maximum absolute atomic E-state index is 12.2. The van der Waals surface area contributed by atoms with Gasteiger partial charge < -0.3 is 19.6 Å². The van der Waals surface area contributed by atoms with Crippen LogP contribution >= 0.6 is 0 Å². The number of oxime groups is 1. The Kier molecular flexibility index (Phi) is 11.7. The second-order valence-electron chi connectivity index (χ2n) is 6.51. The summed E-state index contributed by atoms with van der Waals surface area (Å²) in [6, 6.07) is 13.2. The van der Waals surface area contributed by atoms with Crippen LogP contribution in [-0.2, 0) is 21.0 Å². The molecule has 32 heavy (non-hydrogen) atoms. The number of carbonyl (C=O) groups is 1. The highest BCUT2D eigenvalue weighted by atomic mass is 19.4. The first kappa shape index (κ1) is 26.8. The molecule has 0 unspecified atom stereocenters. The molecule has 2 aromatic rings. The van der Waals surface area contributed by atoms with Gasteiger partial charge in [0.05, 0.1) is 6.61 Å². The summed E-state index contributed by atoms with van der Waals surface area (Å²) in [6.07, 6.45) is -3.11. The lowest BCUT2D eigenvalue weighted by Gasteiger charge is -2.09. The normalized spacial score (nSPS) is 11.2. The Morgan fingerprint density at radius 3 is 2.00 bits per heavy atom. The Balaban J connectivity index is 0.000000633. The molecule has 0 saturated heterocycles. The number of ether oxygens (including phenoxy) is 2. The van der Waals surface area contributed by atoms with Crippen LogP contribution in [0.4, 0.5) is 13.2 Å². The van der Waals surface area contributed by atoms with E-state index in [1.54, 1.807) is 26.1 Å². The minimum absolute atomic E-state index is 0.127. The standard InChI is InChI=1S/C18H18F3NO3.C5H11NO/c1-3-23-13(2)22-24-12-14-4-6-15(7-5-14)16-8-10-17(11-9-16)25-18(19,20)21;1-3-4-5(7)6-2/h4-11H,3,12H2,1-2H3;3-4H2,1-2H3,(H,6,7)/b22-13+;. The first-order chi connectivity index (χ1) is 15.2. The predicted octanol–water partition coefficient (Wildman–Crippen LogP) is 5.67. The molecule has 0 aliphatic rings. The molecule has 0 fully saturated rings. The third kappa shape index (κ3) is 11.2. The van der Waals surface area contributed by atoms with Crippen LogP contribution in [-0.4, -0.2) is 31.8 Å². The molecule has 9 heteroatoms. The van der Waals surface area contributed by atoms with E-state index in [1.165, 1.54) is 12.1 Å². The summed E-state index contributed by atoms with van der Waals surface area (Å²) in [7, 11) is 1.65. The lowest BCUT2D eigenvalue weighted by atomic mass is 10.0. The molecule has 0 aliphatic heterocycles. The molecule has 2 aromatic carbocycles. The van der Waals surface area contributed by atoms with E-state index < -0.39 is 6.36 Å². The Morgan fingerprint density at radius 1 is 1.00 bits per heavy atom. The molecule has 0 saturated carbocycles. The predicted molar refractivity (Wildman–Crippen MR) is 117 cm³/mol. The van der Waals surface area contributed by atoms with Crippen LogP contribution in [0.25, 0.3) is 11.1 Å². The molecule has 1 amide bonds. The van der Waals surface area contributed by atoms with Gasteiger partial charge in [-0.2, -0.15) is 0 Å². The maximum atomic E-state index is 12.2. The highest BCUT2D eigenvalue weighted by Crippen LogP contribution is 2.26. The number of rotatable bonds is 8. The number of carbonyl (C=O) groups excluding carboxylic acids is 1. The fourth-order valence-corrected chi connectivity index (χ4v) is 2.43. The van der Waals surface area contributed by atoms with Crippen molar-refractivity contribution in [3.63, 3.8) is 0 Å². The second-order valence-corrected chi connectivity index (χ2v) is 6.51. The van der Waals surface area contributed by atoms with Gasteiger partial charge in [-0.05, 0) is 42.2 Å². The van der Waals surface area contributed by atoms with Crippen LogP contribution in [0.5, 0.6) is 5.75 Å². The molecule has 0 aromatic heterocycles. The first-order valence-electron chi connectivity index (χ1n) is 10.1. The zero-order chi connectivity index (χ0) is 24.0. The van der Waals surface area contributed by atoms with Crippen molar-refractivity contribution in [1.82, 2.24) is 5.32 Å². The Morgan fingerprint density at radius 2 is 1.56 bits per heavy atom. The molecule has 6 nitrogen and oxygen atoms in total. The summed E-state index contributed by atoms with van der Waals surface area (Å²) >= 11 is 0. The van der Waals surface area contributed by atoms with Crippen molar-refractivity contribution in [2.24, 2.45) is 5.16 Å². The number of hydrogen-bond donors (Lipinski definition) is 1. The van der Waals surface area contributed by atoms with Gasteiger partial charge in [0.15, 0.2) is 0 Å². The van der Waals surface area contributed by atoms with E-state index in [1.807, 2.05) is 38.1 Å². The number of nitrogens with zero attached hydrogens (tertiary/aromatic N) is 1. The lowest BCUT2D eigenvalue weighted by molar-refractivity contribution is -0.274. The van der Waals surface area contributed by atoms with Crippen LogP contribution < -0.4 is 10.1 Å². The van der Waals surface area contributed by atoms with Gasteiger partial charge in [0.1, 0.15) is 12.4 Å². The van der Waals surface area contributed by atoms with E-state index in [0.29, 0.717) is 25.5 Å². The fourth-order valence-electron chi connectivity index (χ4n) is 2.43. The third-order valence-corrected chi connectivity index (χ3v) is 3.91. The minimum Gasteiger partial charge on any atom is -0.479 e. The number of halogens is 3. The van der Waals surface area contributed by atoms with Crippen molar-refractivity contribution in [3.05, 3.63) is 54.1 Å². The van der Waals surface area contributed by atoms with Crippen molar-refractivity contribution < 1.29 is 32.3 Å². The summed E-state index contributed by atoms with van der Waals surface area (Å²) in [5.74, 6) is 0.339. The number of amides is 1. The van der Waals surface area contributed by atoms with Gasteiger partial charge in [-0.3, -0.25) is 4.79 Å². The number of nitrogens with one attached hydrogen (secondary N) is 1. The topological polar surface area (TPSA) is 69.2 Å². The highest BCUT2D eigenvalue weighted by Gasteiger charge is 2.30. The molecule has 2 rings (SSSR count). The number of hydrogen-bond acceptors (Lipinski definition) is 5. The van der Waals surface area contributed by atoms with Crippen LogP contribution in [0, 0.1) is 0 Å². The molecule has 0 bridgehead atoms. The zero-order valence-corrected chi connectivity index (χ0v) is 18.7.